The van der Waals surface area contributed by atoms with Gasteiger partial charge in [0, 0.05) is 39.3 Å². The summed E-state index contributed by atoms with van der Waals surface area (Å²) in [5, 5.41) is 0. The number of para-hydroxylation sites is 2. The maximum Gasteiger partial charge on any atom is 0.122 e. The molecule has 0 aliphatic carbocycles. The monoisotopic (exact) mass is 340 g/mol. The van der Waals surface area contributed by atoms with Crippen LogP contribution in [0.15, 0.2) is 54.6 Å². The van der Waals surface area contributed by atoms with Crippen molar-refractivity contribution < 1.29 is 9.47 Å². The second-order valence-corrected chi connectivity index (χ2v) is 6.41. The van der Waals surface area contributed by atoms with Gasteiger partial charge in [0.1, 0.15) is 18.1 Å². The fourth-order valence-corrected chi connectivity index (χ4v) is 3.23. The molecule has 1 aliphatic rings. The Hall–Kier alpha value is -2.04. The highest BCUT2D eigenvalue weighted by Crippen LogP contribution is 2.18. The zero-order valence-corrected chi connectivity index (χ0v) is 15.1. The molecule has 4 heteroatoms. The highest BCUT2D eigenvalue weighted by Gasteiger charge is 2.16. The standard InChI is InChI=1S/C21H28N2O2/c1-24-21-10-6-5-7-19(21)11-12-22-13-15-23(16-14-22)17-18-25-20-8-3-2-4-9-20/h2-10H,11-18H2,1H3. The summed E-state index contributed by atoms with van der Waals surface area (Å²) in [6, 6.07) is 18.4. The minimum atomic E-state index is 0.755. The van der Waals surface area contributed by atoms with Gasteiger partial charge in [-0.1, -0.05) is 36.4 Å². The van der Waals surface area contributed by atoms with E-state index in [1.807, 2.05) is 42.5 Å². The lowest BCUT2D eigenvalue weighted by atomic mass is 10.1. The highest BCUT2D eigenvalue weighted by atomic mass is 16.5. The van der Waals surface area contributed by atoms with Crippen molar-refractivity contribution in [1.29, 1.82) is 0 Å². The molecule has 1 fully saturated rings. The summed E-state index contributed by atoms with van der Waals surface area (Å²) in [6.07, 6.45) is 1.04. The van der Waals surface area contributed by atoms with Crippen LogP contribution in [0.1, 0.15) is 5.56 Å². The van der Waals surface area contributed by atoms with Crippen LogP contribution in [0.5, 0.6) is 11.5 Å². The Labute approximate surface area is 151 Å². The van der Waals surface area contributed by atoms with Crippen LogP contribution >= 0.6 is 0 Å². The quantitative estimate of drug-likeness (QED) is 0.738. The Morgan fingerprint density at radius 2 is 1.44 bits per heavy atom. The van der Waals surface area contributed by atoms with Crippen molar-refractivity contribution in [3.05, 3.63) is 60.2 Å². The third-order valence-corrected chi connectivity index (χ3v) is 4.77. The SMILES string of the molecule is COc1ccccc1CCN1CCN(CCOc2ccccc2)CC1. The Morgan fingerprint density at radius 1 is 0.800 bits per heavy atom. The molecule has 0 saturated carbocycles. The van der Waals surface area contributed by atoms with E-state index in [0.717, 1.165) is 63.8 Å². The third kappa shape index (κ3) is 5.48. The van der Waals surface area contributed by atoms with Crippen LogP contribution in [0.25, 0.3) is 0 Å². The second kappa shape index (κ2) is 9.44. The zero-order chi connectivity index (χ0) is 17.3. The molecule has 134 valence electrons. The molecule has 2 aromatic rings. The Morgan fingerprint density at radius 3 is 2.16 bits per heavy atom. The van der Waals surface area contributed by atoms with Crippen LogP contribution in [0.4, 0.5) is 0 Å². The molecule has 1 saturated heterocycles. The molecule has 3 rings (SSSR count). The van der Waals surface area contributed by atoms with Gasteiger partial charge < -0.3 is 14.4 Å². The first-order valence-corrected chi connectivity index (χ1v) is 9.09. The molecule has 4 nitrogen and oxygen atoms in total. The van der Waals surface area contributed by atoms with E-state index in [4.69, 9.17) is 9.47 Å². The van der Waals surface area contributed by atoms with Crippen LogP contribution in [0, 0.1) is 0 Å². The number of hydrogen-bond acceptors (Lipinski definition) is 4. The normalized spacial score (nSPS) is 15.9. The van der Waals surface area contributed by atoms with Gasteiger partial charge in [0.2, 0.25) is 0 Å². The Kier molecular flexibility index (Phi) is 6.71. The minimum Gasteiger partial charge on any atom is -0.496 e. The summed E-state index contributed by atoms with van der Waals surface area (Å²) in [4.78, 5) is 5.03. The van der Waals surface area contributed by atoms with E-state index in [-0.39, 0.29) is 0 Å². The second-order valence-electron chi connectivity index (χ2n) is 6.41. The molecule has 0 unspecified atom stereocenters. The van der Waals surface area contributed by atoms with Crippen molar-refractivity contribution in [2.24, 2.45) is 0 Å². The van der Waals surface area contributed by atoms with Crippen molar-refractivity contribution >= 4 is 0 Å². The number of ether oxygens (including phenoxy) is 2. The van der Waals surface area contributed by atoms with Gasteiger partial charge in [-0.3, -0.25) is 4.90 Å². The van der Waals surface area contributed by atoms with Gasteiger partial charge >= 0.3 is 0 Å². The molecular formula is C21H28N2O2. The topological polar surface area (TPSA) is 24.9 Å². The summed E-state index contributed by atoms with van der Waals surface area (Å²) in [5.74, 6) is 1.96. The van der Waals surface area contributed by atoms with Gasteiger partial charge in [-0.25, -0.2) is 0 Å². The van der Waals surface area contributed by atoms with E-state index in [1.165, 1.54) is 5.56 Å². The fourth-order valence-electron chi connectivity index (χ4n) is 3.23. The summed E-state index contributed by atoms with van der Waals surface area (Å²) in [5.41, 5.74) is 1.30. The Balaban J connectivity index is 1.34. The van der Waals surface area contributed by atoms with Gasteiger partial charge in [0.25, 0.3) is 0 Å². The molecular weight excluding hydrogens is 312 g/mol. The molecule has 25 heavy (non-hydrogen) atoms. The van der Waals surface area contributed by atoms with E-state index in [2.05, 4.69) is 21.9 Å². The summed E-state index contributed by atoms with van der Waals surface area (Å²) >= 11 is 0. The van der Waals surface area contributed by atoms with Gasteiger partial charge in [-0.15, -0.1) is 0 Å². The van der Waals surface area contributed by atoms with Gasteiger partial charge in [0.05, 0.1) is 7.11 Å². The lowest BCUT2D eigenvalue weighted by Crippen LogP contribution is -2.47. The number of rotatable bonds is 8. The summed E-state index contributed by atoms with van der Waals surface area (Å²) in [7, 11) is 1.75. The molecule has 0 radical (unpaired) electrons. The van der Waals surface area contributed by atoms with Crippen LogP contribution in [-0.4, -0.2) is 62.8 Å². The van der Waals surface area contributed by atoms with Crippen LogP contribution in [0.2, 0.25) is 0 Å². The molecule has 0 spiro atoms. The van der Waals surface area contributed by atoms with Crippen LogP contribution < -0.4 is 9.47 Å². The number of nitrogens with zero attached hydrogens (tertiary/aromatic N) is 2. The Bertz CT molecular complexity index is 625. The first kappa shape index (κ1) is 17.8. The number of methoxy groups -OCH3 is 1. The molecule has 0 bridgehead atoms. The van der Waals surface area contributed by atoms with Crippen molar-refractivity contribution in [2.75, 3.05) is 53.0 Å². The van der Waals surface area contributed by atoms with E-state index in [0.29, 0.717) is 0 Å². The first-order chi connectivity index (χ1) is 12.3. The van der Waals surface area contributed by atoms with E-state index < -0.39 is 0 Å². The maximum atomic E-state index is 5.80. The van der Waals surface area contributed by atoms with Gasteiger partial charge in [-0.2, -0.15) is 0 Å². The number of hydrogen-bond donors (Lipinski definition) is 0. The van der Waals surface area contributed by atoms with Crippen LogP contribution in [0.3, 0.4) is 0 Å². The van der Waals surface area contributed by atoms with Gasteiger partial charge in [0.15, 0.2) is 0 Å². The van der Waals surface area contributed by atoms with Crippen molar-refractivity contribution in [2.45, 2.75) is 6.42 Å². The van der Waals surface area contributed by atoms with Crippen molar-refractivity contribution in [3.63, 3.8) is 0 Å². The summed E-state index contributed by atoms with van der Waals surface area (Å²) in [6.45, 7) is 7.32. The lowest BCUT2D eigenvalue weighted by Gasteiger charge is -2.34. The molecule has 1 aliphatic heterocycles. The molecule has 0 aromatic heterocycles. The van der Waals surface area contributed by atoms with E-state index in [9.17, 15) is 0 Å². The fraction of sp³-hybridized carbons (Fsp3) is 0.429. The average molecular weight is 340 g/mol. The number of piperazine rings is 1. The first-order valence-electron chi connectivity index (χ1n) is 9.09. The predicted molar refractivity (Wildman–Crippen MR) is 102 cm³/mol. The smallest absolute Gasteiger partial charge is 0.122 e. The largest absolute Gasteiger partial charge is 0.496 e. The molecule has 0 atom stereocenters. The number of benzene rings is 2. The predicted octanol–water partition coefficient (Wildman–Crippen LogP) is 2.93. The third-order valence-electron chi connectivity index (χ3n) is 4.77. The highest BCUT2D eigenvalue weighted by molar-refractivity contribution is 5.33. The van der Waals surface area contributed by atoms with E-state index >= 15 is 0 Å². The minimum absolute atomic E-state index is 0.755. The van der Waals surface area contributed by atoms with Gasteiger partial charge in [-0.05, 0) is 30.2 Å². The molecule has 0 amide bonds. The molecule has 1 heterocycles. The van der Waals surface area contributed by atoms with Crippen molar-refractivity contribution in [1.82, 2.24) is 9.80 Å². The van der Waals surface area contributed by atoms with Crippen molar-refractivity contribution in [3.8, 4) is 11.5 Å². The average Bonchev–Trinajstić information content (AvgIpc) is 2.68. The van der Waals surface area contributed by atoms with Crippen LogP contribution in [-0.2, 0) is 6.42 Å². The maximum absolute atomic E-state index is 5.80. The summed E-state index contributed by atoms with van der Waals surface area (Å²) < 4.78 is 11.2. The van der Waals surface area contributed by atoms with E-state index in [1.54, 1.807) is 7.11 Å². The molecule has 0 N–H and O–H groups in total. The lowest BCUT2D eigenvalue weighted by molar-refractivity contribution is 0.117. The molecule has 2 aromatic carbocycles. The zero-order valence-electron chi connectivity index (χ0n) is 15.1.